The summed E-state index contributed by atoms with van der Waals surface area (Å²) in [5, 5.41) is 0. The molecule has 0 spiro atoms. The van der Waals surface area contributed by atoms with Crippen molar-refractivity contribution in [2.24, 2.45) is 0 Å². The second kappa shape index (κ2) is 3.52. The van der Waals surface area contributed by atoms with E-state index in [4.69, 9.17) is 4.74 Å². The van der Waals surface area contributed by atoms with Crippen molar-refractivity contribution in [3.8, 4) is 11.5 Å². The Morgan fingerprint density at radius 2 is 1.71 bits per heavy atom. The van der Waals surface area contributed by atoms with Crippen LogP contribution in [0, 0.1) is 11.6 Å². The summed E-state index contributed by atoms with van der Waals surface area (Å²) < 4.78 is 46.1. The quantitative estimate of drug-likeness (QED) is 0.668. The summed E-state index contributed by atoms with van der Waals surface area (Å²) in [5.41, 5.74) is -0.159. The van der Waals surface area contributed by atoms with Crippen LogP contribution in [0.25, 0.3) is 0 Å². The maximum atomic E-state index is 14.1. The molecule has 4 heteroatoms. The predicted octanol–water partition coefficient (Wildman–Crippen LogP) is 4.13. The van der Waals surface area contributed by atoms with Gasteiger partial charge in [-0.05, 0) is 18.2 Å². The Labute approximate surface area is 95.5 Å². The number of benzene rings is 2. The molecule has 0 radical (unpaired) electrons. The number of ether oxygens (including phenoxy) is 1. The molecule has 0 N–H and O–H groups in total. The van der Waals surface area contributed by atoms with Crippen LogP contribution in [0.1, 0.15) is 17.3 Å². The fourth-order valence-corrected chi connectivity index (χ4v) is 1.93. The molecule has 0 saturated carbocycles. The molecule has 2 aromatic carbocycles. The molecule has 1 nitrogen and oxygen atoms in total. The summed E-state index contributed by atoms with van der Waals surface area (Å²) in [6.45, 7) is 0. The van der Waals surface area contributed by atoms with Gasteiger partial charge in [-0.1, -0.05) is 18.2 Å². The van der Waals surface area contributed by atoms with Crippen LogP contribution in [0.2, 0.25) is 0 Å². The van der Waals surface area contributed by atoms with Crippen LogP contribution >= 0.6 is 0 Å². The van der Waals surface area contributed by atoms with Crippen molar-refractivity contribution < 1.29 is 17.9 Å². The first-order chi connectivity index (χ1) is 8.18. The number of para-hydroxylation sites is 1. The fraction of sp³-hybridized carbons (Fsp3) is 0.0769. The molecule has 1 unspecified atom stereocenters. The third-order valence-electron chi connectivity index (χ3n) is 2.76. The van der Waals surface area contributed by atoms with Gasteiger partial charge in [-0.3, -0.25) is 0 Å². The number of rotatable bonds is 0. The minimum Gasteiger partial charge on any atom is -0.456 e. The van der Waals surface area contributed by atoms with Gasteiger partial charge < -0.3 is 4.74 Å². The Morgan fingerprint density at radius 3 is 2.53 bits per heavy atom. The number of halogens is 3. The van der Waals surface area contributed by atoms with E-state index in [9.17, 15) is 13.2 Å². The smallest absolute Gasteiger partial charge is 0.169 e. The van der Waals surface area contributed by atoms with Crippen molar-refractivity contribution in [3.63, 3.8) is 0 Å². The largest absolute Gasteiger partial charge is 0.456 e. The van der Waals surface area contributed by atoms with Gasteiger partial charge in [-0.2, -0.15) is 0 Å². The predicted molar refractivity (Wildman–Crippen MR) is 55.8 cm³/mol. The van der Waals surface area contributed by atoms with Crippen LogP contribution in [0.15, 0.2) is 36.4 Å². The molecule has 2 aromatic rings. The molecule has 86 valence electrons. The van der Waals surface area contributed by atoms with Crippen molar-refractivity contribution in [2.45, 2.75) is 6.17 Å². The molecule has 0 aliphatic carbocycles. The molecule has 0 bridgehead atoms. The zero-order valence-electron chi connectivity index (χ0n) is 8.58. The van der Waals surface area contributed by atoms with E-state index in [1.807, 2.05) is 0 Å². The number of hydrogen-bond donors (Lipinski definition) is 0. The normalized spacial score (nSPS) is 17.0. The average molecular weight is 236 g/mol. The second-order valence-corrected chi connectivity index (χ2v) is 3.78. The molecular weight excluding hydrogens is 229 g/mol. The molecular formula is C13H7F3O. The zero-order chi connectivity index (χ0) is 12.0. The Balaban J connectivity index is 2.24. The van der Waals surface area contributed by atoms with Crippen LogP contribution < -0.4 is 4.74 Å². The summed E-state index contributed by atoms with van der Waals surface area (Å²) in [5.74, 6) is -1.91. The lowest BCUT2D eigenvalue weighted by Crippen LogP contribution is -2.09. The van der Waals surface area contributed by atoms with E-state index in [1.165, 1.54) is 12.1 Å². The first-order valence-electron chi connectivity index (χ1n) is 5.07. The van der Waals surface area contributed by atoms with E-state index < -0.39 is 17.8 Å². The van der Waals surface area contributed by atoms with E-state index in [-0.39, 0.29) is 16.9 Å². The summed E-state index contributed by atoms with van der Waals surface area (Å²) in [7, 11) is 0. The maximum absolute atomic E-state index is 14.1. The maximum Gasteiger partial charge on any atom is 0.169 e. The van der Waals surface area contributed by atoms with Crippen LogP contribution in [0.4, 0.5) is 13.2 Å². The minimum atomic E-state index is -1.70. The van der Waals surface area contributed by atoms with Crippen LogP contribution in [0.3, 0.4) is 0 Å². The van der Waals surface area contributed by atoms with Crippen molar-refractivity contribution in [1.82, 2.24) is 0 Å². The SMILES string of the molecule is Fc1ccc2c(c1F)C(F)c1ccccc1O2. The second-order valence-electron chi connectivity index (χ2n) is 3.78. The summed E-state index contributed by atoms with van der Waals surface area (Å²) >= 11 is 0. The number of fused-ring (bicyclic) bond motifs is 2. The Kier molecular flexibility index (Phi) is 2.11. The van der Waals surface area contributed by atoms with E-state index in [0.29, 0.717) is 5.75 Å². The molecule has 17 heavy (non-hydrogen) atoms. The van der Waals surface area contributed by atoms with E-state index in [0.717, 1.165) is 6.07 Å². The Bertz CT molecular complexity index is 595. The number of hydrogen-bond acceptors (Lipinski definition) is 1. The highest BCUT2D eigenvalue weighted by atomic mass is 19.2. The molecule has 1 atom stereocenters. The highest BCUT2D eigenvalue weighted by Gasteiger charge is 2.31. The third-order valence-corrected chi connectivity index (χ3v) is 2.76. The van der Waals surface area contributed by atoms with Gasteiger partial charge in [-0.15, -0.1) is 0 Å². The molecule has 3 rings (SSSR count). The molecule has 1 heterocycles. The molecule has 0 aromatic heterocycles. The molecule has 0 amide bonds. The van der Waals surface area contributed by atoms with Gasteiger partial charge in [0.2, 0.25) is 0 Å². The fourth-order valence-electron chi connectivity index (χ4n) is 1.93. The van der Waals surface area contributed by atoms with Crippen molar-refractivity contribution in [2.75, 3.05) is 0 Å². The zero-order valence-corrected chi connectivity index (χ0v) is 8.58. The number of alkyl halides is 1. The summed E-state index contributed by atoms with van der Waals surface area (Å²) in [4.78, 5) is 0. The summed E-state index contributed by atoms with van der Waals surface area (Å²) in [6.07, 6.45) is -1.70. The van der Waals surface area contributed by atoms with Gasteiger partial charge in [0.05, 0.1) is 5.56 Å². The van der Waals surface area contributed by atoms with Crippen molar-refractivity contribution in [1.29, 1.82) is 0 Å². The van der Waals surface area contributed by atoms with Gasteiger partial charge in [0.15, 0.2) is 17.8 Å². The molecule has 0 fully saturated rings. The lowest BCUT2D eigenvalue weighted by Gasteiger charge is -2.23. The monoisotopic (exact) mass is 236 g/mol. The highest BCUT2D eigenvalue weighted by Crippen LogP contribution is 2.45. The standard InChI is InChI=1S/C13H7F3O/c14-8-5-6-10-11(13(8)16)12(15)7-3-1-2-4-9(7)17-10/h1-6,12H. The van der Waals surface area contributed by atoms with Crippen LogP contribution in [0.5, 0.6) is 11.5 Å². The van der Waals surface area contributed by atoms with Gasteiger partial charge >= 0.3 is 0 Å². The third kappa shape index (κ3) is 1.40. The van der Waals surface area contributed by atoms with E-state index in [1.54, 1.807) is 18.2 Å². The minimum absolute atomic E-state index is 0.0232. The average Bonchev–Trinajstić information content (AvgIpc) is 2.34. The van der Waals surface area contributed by atoms with Gasteiger partial charge in [0.1, 0.15) is 11.5 Å². The first kappa shape index (κ1) is 10.2. The lowest BCUT2D eigenvalue weighted by atomic mass is 9.98. The van der Waals surface area contributed by atoms with Crippen molar-refractivity contribution in [3.05, 3.63) is 59.2 Å². The van der Waals surface area contributed by atoms with Crippen LogP contribution in [-0.2, 0) is 0 Å². The van der Waals surface area contributed by atoms with Crippen LogP contribution in [-0.4, -0.2) is 0 Å². The van der Waals surface area contributed by atoms with Gasteiger partial charge in [0.25, 0.3) is 0 Å². The van der Waals surface area contributed by atoms with Crippen molar-refractivity contribution >= 4 is 0 Å². The molecule has 1 aliphatic rings. The highest BCUT2D eigenvalue weighted by molar-refractivity contribution is 5.52. The van der Waals surface area contributed by atoms with Gasteiger partial charge in [0, 0.05) is 5.56 Å². The first-order valence-corrected chi connectivity index (χ1v) is 5.07. The Hall–Kier alpha value is -1.97. The summed E-state index contributed by atoms with van der Waals surface area (Å²) in [6, 6.07) is 8.55. The molecule has 0 saturated heterocycles. The van der Waals surface area contributed by atoms with Gasteiger partial charge in [-0.25, -0.2) is 13.2 Å². The lowest BCUT2D eigenvalue weighted by molar-refractivity contribution is 0.327. The Morgan fingerprint density at radius 1 is 0.941 bits per heavy atom. The van der Waals surface area contributed by atoms with E-state index in [2.05, 4.69) is 0 Å². The molecule has 1 aliphatic heterocycles. The van der Waals surface area contributed by atoms with E-state index >= 15 is 0 Å². The topological polar surface area (TPSA) is 9.23 Å².